The zero-order valence-electron chi connectivity index (χ0n) is 51.2. The van der Waals surface area contributed by atoms with Crippen molar-refractivity contribution >= 4 is 33.1 Å². The van der Waals surface area contributed by atoms with E-state index in [2.05, 4.69) is 92.5 Å². The molecule has 0 amide bonds. The third kappa shape index (κ3) is 9.48. The van der Waals surface area contributed by atoms with Gasteiger partial charge in [-0.3, -0.25) is 4.98 Å². The van der Waals surface area contributed by atoms with Crippen LogP contribution in [0.4, 0.5) is 0 Å². The van der Waals surface area contributed by atoms with Crippen LogP contribution < -0.4 is 0 Å². The first kappa shape index (κ1) is 34.4. The number of nitrogens with zero attached hydrogens (tertiary/aromatic N) is 4. The molecule has 0 bridgehead atoms. The maximum Gasteiger partial charge on any atom is 0.216 e. The Hall–Kier alpha value is -4.90. The van der Waals surface area contributed by atoms with Gasteiger partial charge in [0.1, 0.15) is 0 Å². The minimum absolute atomic E-state index is 0. The van der Waals surface area contributed by atoms with Crippen molar-refractivity contribution in [1.82, 2.24) is 19.5 Å². The van der Waals surface area contributed by atoms with E-state index >= 15 is 0 Å². The van der Waals surface area contributed by atoms with E-state index in [1.807, 2.05) is 24.3 Å². The zero-order valence-corrected chi connectivity index (χ0v) is 41.6. The monoisotopic (exact) mass is 1070 g/mol. The molecule has 1 spiro atoms. The molecule has 2 fully saturated rings. The van der Waals surface area contributed by atoms with Gasteiger partial charge in [0.25, 0.3) is 0 Å². The summed E-state index contributed by atoms with van der Waals surface area (Å²) in [6, 6.07) is 31.9. The number of furan rings is 1. The van der Waals surface area contributed by atoms with Gasteiger partial charge >= 0.3 is 0 Å². The second-order valence-electron chi connectivity index (χ2n) is 19.7. The van der Waals surface area contributed by atoms with Crippen LogP contribution in [0.5, 0.6) is 0 Å². The van der Waals surface area contributed by atoms with Gasteiger partial charge in [-0.15, -0.1) is 53.6 Å². The zero-order chi connectivity index (χ0) is 55.8. The Morgan fingerprint density at radius 2 is 1.61 bits per heavy atom. The SMILES string of the molecule is [2H]C([2H])([2H])c1c[c-]c(-c2cc(C([2H])([2H])[2H])c(C([2H])([2H])CC)cn2)cc1.[2H]C([2H])([2H])c1ccc2c(n1)oc1c(-c3nc4ccccc4n3-c3c(C(C)C)cc(C4([2H])CCC5(CCC(C)(C)CC5)CC4)cc3C(C)C)[c-]ccc12.[Ir]. The number of aromatic nitrogens is 4. The number of benzene rings is 4. The molecule has 0 atom stereocenters. The third-order valence-corrected chi connectivity index (χ3v) is 14.1. The average molecular weight is 1070 g/mol. The first-order chi connectivity index (χ1) is 35.9. The van der Waals surface area contributed by atoms with E-state index in [1.54, 1.807) is 19.1 Å². The van der Waals surface area contributed by atoms with Gasteiger partial charge in [-0.25, -0.2) is 4.98 Å². The van der Waals surface area contributed by atoms with Crippen LogP contribution in [0.15, 0.2) is 95.5 Å². The normalized spacial score (nSPS) is 20.0. The predicted molar refractivity (Wildman–Crippen MR) is 271 cm³/mol. The molecule has 345 valence electrons. The molecule has 2 aliphatic carbocycles. The van der Waals surface area contributed by atoms with E-state index in [0.717, 1.165) is 58.7 Å². The Morgan fingerprint density at radius 1 is 0.848 bits per heavy atom. The van der Waals surface area contributed by atoms with Crippen molar-refractivity contribution in [2.24, 2.45) is 10.8 Å². The average Bonchev–Trinajstić information content (AvgIpc) is 4.09. The molecule has 0 aliphatic heterocycles. The molecule has 0 N–H and O–H groups in total. The maximum absolute atomic E-state index is 9.99. The number of aryl methyl sites for hydroxylation is 4. The molecule has 0 unspecified atom stereocenters. The minimum Gasteiger partial charge on any atom is -0.486 e. The number of pyridine rings is 2. The summed E-state index contributed by atoms with van der Waals surface area (Å²) in [6.45, 7) is 8.40. The van der Waals surface area contributed by atoms with Crippen LogP contribution in [-0.2, 0) is 26.5 Å². The second-order valence-corrected chi connectivity index (χ2v) is 19.7. The quantitative estimate of drug-likeness (QED) is 0.142. The van der Waals surface area contributed by atoms with Gasteiger partial charge in [0.2, 0.25) is 5.71 Å². The predicted octanol–water partition coefficient (Wildman–Crippen LogP) is 16.7. The largest absolute Gasteiger partial charge is 0.486 e. The molecule has 66 heavy (non-hydrogen) atoms. The summed E-state index contributed by atoms with van der Waals surface area (Å²) < 4.78 is 104. The number of hydrogen-bond acceptors (Lipinski definition) is 4. The van der Waals surface area contributed by atoms with Gasteiger partial charge < -0.3 is 14.0 Å². The number of hydrogen-bond donors (Lipinski definition) is 0. The Balaban J connectivity index is 0.000000261. The Kier molecular flexibility index (Phi) is 10.1. The Bertz CT molecular complexity index is 3430. The second kappa shape index (κ2) is 19.4. The fourth-order valence-corrected chi connectivity index (χ4v) is 10.1. The number of imidazole rings is 1. The van der Waals surface area contributed by atoms with Crippen LogP contribution in [0.3, 0.4) is 0 Å². The van der Waals surface area contributed by atoms with Crippen molar-refractivity contribution in [2.75, 3.05) is 0 Å². The molecule has 4 aromatic heterocycles. The van der Waals surface area contributed by atoms with Crippen molar-refractivity contribution in [1.29, 1.82) is 0 Å². The standard InChI is InChI=1S/C44H50N3O.C16H18N.Ir/c1-27(2)35-25-31(30-17-19-44(20-18-30)23-21-43(6,7)22-24-44)26-36(28(3)4)39(35)47-38-14-9-8-13-37(38)46-41(47)34-12-10-11-32-33-16-15-29(5)45-42(33)48-40(32)34;1-4-5-15-11-17-16(10-13(15)3)14-8-6-12(2)7-9-14;/h8-11,13-16,25-28,30H,17-24H2,1-7H3;6-8,10-11H,4-5H2,1-3H3;/q2*-1;/i5D3,30D;2D3,3D3,5D2;. The van der Waals surface area contributed by atoms with Gasteiger partial charge in [-0.05, 0) is 152 Å². The van der Waals surface area contributed by atoms with E-state index in [4.69, 9.17) is 24.5 Å². The fourth-order valence-electron chi connectivity index (χ4n) is 10.1. The molecule has 10 rings (SSSR count). The maximum atomic E-state index is 9.99. The summed E-state index contributed by atoms with van der Waals surface area (Å²) in [5.41, 5.74) is 9.74. The molecule has 4 heterocycles. The smallest absolute Gasteiger partial charge is 0.216 e. The van der Waals surface area contributed by atoms with E-state index in [-0.39, 0.29) is 66.5 Å². The topological polar surface area (TPSA) is 56.7 Å². The van der Waals surface area contributed by atoms with Crippen LogP contribution in [0.25, 0.3) is 61.4 Å². The summed E-state index contributed by atoms with van der Waals surface area (Å²) in [5, 5.41) is 1.59. The molecule has 5 nitrogen and oxygen atoms in total. The van der Waals surface area contributed by atoms with Crippen molar-refractivity contribution in [3.8, 4) is 28.3 Å². The first-order valence-electron chi connectivity index (χ1n) is 29.4. The Morgan fingerprint density at radius 3 is 2.27 bits per heavy atom. The van der Waals surface area contributed by atoms with E-state index in [0.29, 0.717) is 39.1 Å². The number of para-hydroxylation sites is 2. The molecular formula is C60H68IrN4O-2. The summed E-state index contributed by atoms with van der Waals surface area (Å²) in [4.78, 5) is 13.8. The van der Waals surface area contributed by atoms with Crippen molar-refractivity contribution in [3.63, 3.8) is 0 Å². The van der Waals surface area contributed by atoms with Gasteiger partial charge in [-0.1, -0.05) is 109 Å². The molecule has 2 aliphatic rings. The molecule has 1 radical (unpaired) electrons. The number of fused-ring (bicyclic) bond motifs is 4. The molecular weight excluding hydrogens is 985 g/mol. The van der Waals surface area contributed by atoms with E-state index < -0.39 is 32.8 Å². The van der Waals surface area contributed by atoms with Gasteiger partial charge in [0.05, 0.1) is 22.4 Å². The fraction of sp³-hybridized carbons (Fsp3) is 0.417. The molecule has 4 aromatic carbocycles. The molecule has 0 saturated heterocycles. The summed E-state index contributed by atoms with van der Waals surface area (Å²) in [5.74, 6) is 0.472. The van der Waals surface area contributed by atoms with Crippen LogP contribution in [0.1, 0.15) is 180 Å². The Labute approximate surface area is 424 Å². The van der Waals surface area contributed by atoms with E-state index in [9.17, 15) is 1.37 Å². The van der Waals surface area contributed by atoms with Gasteiger partial charge in [0.15, 0.2) is 0 Å². The van der Waals surface area contributed by atoms with Crippen LogP contribution in [0, 0.1) is 43.5 Å². The van der Waals surface area contributed by atoms with Crippen LogP contribution >= 0.6 is 0 Å². The minimum atomic E-state index is -2.49. The molecule has 6 heteroatoms. The van der Waals surface area contributed by atoms with Crippen molar-refractivity contribution in [2.45, 2.75) is 151 Å². The van der Waals surface area contributed by atoms with Gasteiger partial charge in [-0.2, -0.15) is 0 Å². The van der Waals surface area contributed by atoms with E-state index in [1.165, 1.54) is 67.3 Å². The molecule has 8 aromatic rings. The summed E-state index contributed by atoms with van der Waals surface area (Å²) in [7, 11) is 0. The number of rotatable bonds is 8. The van der Waals surface area contributed by atoms with Crippen LogP contribution in [0.2, 0.25) is 0 Å². The third-order valence-electron chi connectivity index (χ3n) is 14.1. The molecule has 2 saturated carbocycles. The first-order valence-corrected chi connectivity index (χ1v) is 23.4. The van der Waals surface area contributed by atoms with Gasteiger partial charge in [0, 0.05) is 59.5 Å². The van der Waals surface area contributed by atoms with Crippen molar-refractivity contribution in [3.05, 3.63) is 142 Å². The summed E-state index contributed by atoms with van der Waals surface area (Å²) in [6.07, 6.45) is 8.83. The van der Waals surface area contributed by atoms with Crippen molar-refractivity contribution < 1.29 is 41.0 Å². The van der Waals surface area contributed by atoms with Crippen LogP contribution in [-0.4, -0.2) is 19.5 Å². The summed E-state index contributed by atoms with van der Waals surface area (Å²) >= 11 is 0.